The first-order chi connectivity index (χ1) is 10.0. The highest BCUT2D eigenvalue weighted by Gasteiger charge is 2.10. The fourth-order valence-electron chi connectivity index (χ4n) is 1.64. The van der Waals surface area contributed by atoms with Gasteiger partial charge in [0.15, 0.2) is 0 Å². The lowest BCUT2D eigenvalue weighted by atomic mass is 9.99. The minimum absolute atomic E-state index is 0.168. The smallest absolute Gasteiger partial charge is 0.184 e. The van der Waals surface area contributed by atoms with Crippen molar-refractivity contribution in [3.63, 3.8) is 0 Å². The van der Waals surface area contributed by atoms with Crippen LogP contribution < -0.4 is 0 Å². The van der Waals surface area contributed by atoms with Crippen molar-refractivity contribution in [2.45, 2.75) is 6.68 Å². The molecule has 0 spiro atoms. The maximum Gasteiger partial charge on any atom is 0.379 e. The van der Waals surface area contributed by atoms with E-state index in [2.05, 4.69) is 0 Å². The molecule has 0 saturated heterocycles. The Morgan fingerprint density at radius 1 is 1.05 bits per heavy atom. The van der Waals surface area contributed by atoms with Gasteiger partial charge in [0.1, 0.15) is 0 Å². The van der Waals surface area contributed by atoms with Gasteiger partial charge >= 0.3 is 6.68 Å². The monoisotopic (exact) mass is 314 g/mol. The van der Waals surface area contributed by atoms with Crippen LogP contribution in [0.5, 0.6) is 0 Å². The van der Waals surface area contributed by atoms with Gasteiger partial charge in [0.25, 0.3) is 0 Å². The maximum absolute atomic E-state index is 11.0. The van der Waals surface area contributed by atoms with Crippen molar-refractivity contribution in [1.29, 1.82) is 0 Å². The van der Waals surface area contributed by atoms with Gasteiger partial charge in [-0.15, -0.1) is 0 Å². The highest BCUT2D eigenvalue weighted by Crippen LogP contribution is 2.12. The minimum Gasteiger partial charge on any atom is -0.184 e. The van der Waals surface area contributed by atoms with Gasteiger partial charge in [0, 0.05) is 5.92 Å². The van der Waals surface area contributed by atoms with E-state index in [1.54, 1.807) is 12.2 Å². The van der Waals surface area contributed by atoms with E-state index in [0.29, 0.717) is 4.86 Å². The summed E-state index contributed by atoms with van der Waals surface area (Å²) in [7, 11) is -2.16. The molecule has 21 heavy (non-hydrogen) atoms. The molecular formula is C15H13F3O2S. The molecule has 1 unspecified atom stereocenters. The second-order valence-corrected chi connectivity index (χ2v) is 4.86. The summed E-state index contributed by atoms with van der Waals surface area (Å²) in [5.74, 6) is -0.168. The van der Waals surface area contributed by atoms with Crippen LogP contribution >= 0.6 is 0 Å². The average molecular weight is 314 g/mol. The number of hydrogen-bond donors (Lipinski definition) is 0. The van der Waals surface area contributed by atoms with Crippen molar-refractivity contribution >= 4 is 21.2 Å². The predicted molar refractivity (Wildman–Crippen MR) is 78.3 cm³/mol. The molecule has 0 fully saturated rings. The molecule has 0 N–H and O–H groups in total. The van der Waals surface area contributed by atoms with Gasteiger partial charge in [0.2, 0.25) is 10.3 Å². The second kappa shape index (κ2) is 8.97. The molecule has 112 valence electrons. The Morgan fingerprint density at radius 2 is 1.67 bits per heavy atom. The molecule has 0 amide bonds. The van der Waals surface area contributed by atoms with Crippen LogP contribution in [0.4, 0.5) is 13.2 Å². The molecule has 0 heterocycles. The number of benzene rings is 1. The molecule has 1 aliphatic carbocycles. The van der Waals surface area contributed by atoms with Gasteiger partial charge in [-0.3, -0.25) is 0 Å². The van der Waals surface area contributed by atoms with E-state index >= 15 is 0 Å². The Bertz CT molecular complexity index is 649. The molecule has 0 aromatic heterocycles. The Kier molecular flexibility index (Phi) is 7.25. The summed E-state index contributed by atoms with van der Waals surface area (Å²) in [6, 6.07) is 9.81. The third kappa shape index (κ3) is 6.76. The molecule has 0 saturated carbocycles. The van der Waals surface area contributed by atoms with Crippen molar-refractivity contribution in [2.24, 2.45) is 5.92 Å². The molecule has 1 aromatic carbocycles. The number of rotatable bonds is 2. The summed E-state index contributed by atoms with van der Waals surface area (Å²) in [5.41, 5.74) is 1.06. The zero-order valence-corrected chi connectivity index (χ0v) is 11.7. The van der Waals surface area contributed by atoms with Crippen LogP contribution in [0.1, 0.15) is 5.56 Å². The van der Waals surface area contributed by atoms with Gasteiger partial charge in [-0.2, -0.15) is 21.6 Å². The Morgan fingerprint density at radius 3 is 2.24 bits per heavy atom. The topological polar surface area (TPSA) is 34.1 Å². The zero-order chi connectivity index (χ0) is 15.7. The fraction of sp³-hybridized carbons (Fsp3) is 0.133. The van der Waals surface area contributed by atoms with Crippen molar-refractivity contribution in [3.05, 3.63) is 66.3 Å². The lowest BCUT2D eigenvalue weighted by Gasteiger charge is -2.07. The van der Waals surface area contributed by atoms with Gasteiger partial charge in [0.05, 0.1) is 4.86 Å². The molecule has 0 bridgehead atoms. The largest absolute Gasteiger partial charge is 0.379 e. The molecule has 1 atom stereocenters. The summed E-state index contributed by atoms with van der Waals surface area (Å²) >= 11 is 0. The van der Waals surface area contributed by atoms with Crippen LogP contribution in [0.2, 0.25) is 0 Å². The zero-order valence-electron chi connectivity index (χ0n) is 10.9. The number of halogens is 3. The third-order valence-corrected chi connectivity index (χ3v) is 3.30. The van der Waals surface area contributed by atoms with Crippen molar-refractivity contribution in [1.82, 2.24) is 0 Å². The Balaban J connectivity index is 0.000000491. The van der Waals surface area contributed by atoms with Gasteiger partial charge in [-0.1, -0.05) is 60.7 Å². The standard InChI is InChI=1S/C14H12O2S.CHF3/c15-17(16)14-9-5-4-8-13(14)11-10-12-6-2-1-3-7-12;2-1(3)4/h1-11,13H;1H. The van der Waals surface area contributed by atoms with E-state index in [1.807, 2.05) is 54.6 Å². The first-order valence-electron chi connectivity index (χ1n) is 5.97. The van der Waals surface area contributed by atoms with Crippen LogP contribution in [0.3, 0.4) is 0 Å². The summed E-state index contributed by atoms with van der Waals surface area (Å²) in [6.07, 6.45) is 10.9. The van der Waals surface area contributed by atoms with Gasteiger partial charge in [-0.25, -0.2) is 0 Å². The highest BCUT2D eigenvalue weighted by atomic mass is 32.2. The molecule has 0 radical (unpaired) electrons. The van der Waals surface area contributed by atoms with Crippen molar-refractivity contribution in [2.75, 3.05) is 0 Å². The first kappa shape index (κ1) is 17.0. The number of hydrogen-bond acceptors (Lipinski definition) is 2. The summed E-state index contributed by atoms with van der Waals surface area (Å²) < 4.78 is 51.0. The SMILES string of the molecule is FC(F)F.O=S(=O)=C1C=CC=CC1C=Cc1ccccc1. The highest BCUT2D eigenvalue weighted by molar-refractivity contribution is 7.73. The van der Waals surface area contributed by atoms with Crippen molar-refractivity contribution < 1.29 is 21.6 Å². The first-order valence-corrected chi connectivity index (χ1v) is 7.04. The molecule has 0 aliphatic heterocycles. The minimum atomic E-state index is -3.67. The van der Waals surface area contributed by atoms with Crippen LogP contribution in [0, 0.1) is 5.92 Å². The van der Waals surface area contributed by atoms with E-state index in [9.17, 15) is 21.6 Å². The predicted octanol–water partition coefficient (Wildman–Crippen LogP) is 3.67. The van der Waals surface area contributed by atoms with Gasteiger partial charge in [-0.05, 0) is 11.6 Å². The van der Waals surface area contributed by atoms with E-state index in [0.717, 1.165) is 5.56 Å². The molecular weight excluding hydrogens is 301 g/mol. The molecule has 6 heteroatoms. The third-order valence-electron chi connectivity index (χ3n) is 2.51. The van der Waals surface area contributed by atoms with Gasteiger partial charge < -0.3 is 0 Å². The summed E-state index contributed by atoms with van der Waals surface area (Å²) in [4.78, 5) is 0.402. The van der Waals surface area contributed by atoms with Crippen LogP contribution in [0.25, 0.3) is 6.08 Å². The van der Waals surface area contributed by atoms with E-state index in [-0.39, 0.29) is 5.92 Å². The quantitative estimate of drug-likeness (QED) is 0.781. The fourth-order valence-corrected chi connectivity index (χ4v) is 2.21. The Hall–Kier alpha value is -2.08. The normalized spacial score (nSPS) is 17.0. The molecule has 1 aromatic rings. The van der Waals surface area contributed by atoms with Crippen LogP contribution in [-0.4, -0.2) is 20.0 Å². The summed E-state index contributed by atoms with van der Waals surface area (Å²) in [6.45, 7) is -3.67. The van der Waals surface area contributed by atoms with Crippen LogP contribution in [0.15, 0.2) is 60.7 Å². The van der Waals surface area contributed by atoms with E-state index in [1.165, 1.54) is 0 Å². The molecule has 1 aliphatic rings. The van der Waals surface area contributed by atoms with E-state index in [4.69, 9.17) is 0 Å². The molecule has 2 rings (SSSR count). The second-order valence-electron chi connectivity index (χ2n) is 3.92. The number of allylic oxidation sites excluding steroid dienone is 5. The number of alkyl halides is 3. The molecule has 2 nitrogen and oxygen atoms in total. The maximum atomic E-state index is 11.0. The van der Waals surface area contributed by atoms with E-state index < -0.39 is 17.0 Å². The Labute approximate surface area is 122 Å². The lowest BCUT2D eigenvalue weighted by molar-refractivity contribution is 0.00819. The average Bonchev–Trinajstić information content (AvgIpc) is 2.46. The van der Waals surface area contributed by atoms with Crippen LogP contribution in [-0.2, 0) is 10.3 Å². The summed E-state index contributed by atoms with van der Waals surface area (Å²) in [5, 5.41) is 0. The van der Waals surface area contributed by atoms with Crippen molar-refractivity contribution in [3.8, 4) is 0 Å². The lowest BCUT2D eigenvalue weighted by Crippen LogP contribution is -2.10.